The van der Waals surface area contributed by atoms with E-state index in [-0.39, 0.29) is 15.8 Å². The SMILES string of the molecule is CCCCCCOc1ccc(C(=O)NC(=S)Nc2cc(C(F)(F)F)ccc2Cl)cc1. The topological polar surface area (TPSA) is 50.4 Å². The minimum atomic E-state index is -4.52. The molecule has 2 aromatic carbocycles. The third kappa shape index (κ3) is 7.50. The monoisotopic (exact) mass is 458 g/mol. The highest BCUT2D eigenvalue weighted by Gasteiger charge is 2.31. The van der Waals surface area contributed by atoms with Crippen LogP contribution in [0.4, 0.5) is 18.9 Å². The van der Waals surface area contributed by atoms with Crippen molar-refractivity contribution in [2.75, 3.05) is 11.9 Å². The number of hydrogen-bond acceptors (Lipinski definition) is 3. The molecule has 0 bridgehead atoms. The molecular weight excluding hydrogens is 437 g/mol. The molecule has 30 heavy (non-hydrogen) atoms. The number of alkyl halides is 3. The van der Waals surface area contributed by atoms with Crippen molar-refractivity contribution in [3.05, 3.63) is 58.6 Å². The van der Waals surface area contributed by atoms with Crippen LogP contribution in [-0.4, -0.2) is 17.6 Å². The first-order valence-corrected chi connectivity index (χ1v) is 10.2. The number of thiocarbonyl (C=S) groups is 1. The van der Waals surface area contributed by atoms with Gasteiger partial charge in [-0.25, -0.2) is 0 Å². The van der Waals surface area contributed by atoms with Gasteiger partial charge in [0.1, 0.15) is 5.75 Å². The number of amides is 1. The van der Waals surface area contributed by atoms with Crippen LogP contribution in [0, 0.1) is 0 Å². The molecule has 2 N–H and O–H groups in total. The van der Waals surface area contributed by atoms with E-state index in [0.29, 0.717) is 17.9 Å². The summed E-state index contributed by atoms with van der Waals surface area (Å²) in [5.41, 5.74) is -0.606. The number of carbonyl (C=O) groups is 1. The molecule has 0 aliphatic rings. The highest BCUT2D eigenvalue weighted by atomic mass is 35.5. The smallest absolute Gasteiger partial charge is 0.416 e. The molecule has 0 unspecified atom stereocenters. The Morgan fingerprint density at radius 2 is 1.80 bits per heavy atom. The summed E-state index contributed by atoms with van der Waals surface area (Å²) in [6, 6.07) is 9.31. The van der Waals surface area contributed by atoms with Gasteiger partial charge < -0.3 is 10.1 Å². The number of benzene rings is 2. The molecule has 0 aliphatic carbocycles. The van der Waals surface area contributed by atoms with Crippen molar-refractivity contribution in [1.82, 2.24) is 5.32 Å². The fraction of sp³-hybridized carbons (Fsp3) is 0.333. The Balaban J connectivity index is 1.91. The van der Waals surface area contributed by atoms with E-state index in [9.17, 15) is 18.0 Å². The molecule has 0 aromatic heterocycles. The molecule has 1 amide bonds. The number of ether oxygens (including phenoxy) is 1. The van der Waals surface area contributed by atoms with Crippen molar-refractivity contribution in [3.8, 4) is 5.75 Å². The van der Waals surface area contributed by atoms with E-state index >= 15 is 0 Å². The van der Waals surface area contributed by atoms with Gasteiger partial charge in [-0.2, -0.15) is 13.2 Å². The number of hydrogen-bond donors (Lipinski definition) is 2. The molecule has 0 spiro atoms. The molecule has 0 atom stereocenters. The highest BCUT2D eigenvalue weighted by Crippen LogP contribution is 2.33. The number of nitrogens with one attached hydrogen (secondary N) is 2. The van der Waals surface area contributed by atoms with E-state index in [1.54, 1.807) is 24.3 Å². The van der Waals surface area contributed by atoms with Crippen LogP contribution in [0.25, 0.3) is 0 Å². The minimum absolute atomic E-state index is 0.0417. The van der Waals surface area contributed by atoms with Crippen molar-refractivity contribution in [2.24, 2.45) is 0 Å². The first kappa shape index (κ1) is 24.0. The lowest BCUT2D eigenvalue weighted by Crippen LogP contribution is -2.34. The third-order valence-corrected chi connectivity index (χ3v) is 4.69. The zero-order chi connectivity index (χ0) is 22.1. The Morgan fingerprint density at radius 3 is 2.43 bits per heavy atom. The van der Waals surface area contributed by atoms with Crippen molar-refractivity contribution >= 4 is 40.5 Å². The van der Waals surface area contributed by atoms with Crippen LogP contribution in [0.5, 0.6) is 5.75 Å². The van der Waals surface area contributed by atoms with Gasteiger partial charge in [0.15, 0.2) is 5.11 Å². The Hall–Kier alpha value is -2.32. The summed E-state index contributed by atoms with van der Waals surface area (Å²) < 4.78 is 44.2. The fourth-order valence-electron chi connectivity index (χ4n) is 2.55. The second-order valence-electron chi connectivity index (χ2n) is 6.53. The van der Waals surface area contributed by atoms with Gasteiger partial charge in [0, 0.05) is 5.56 Å². The van der Waals surface area contributed by atoms with Crippen molar-refractivity contribution in [3.63, 3.8) is 0 Å². The second kappa shape index (κ2) is 11.2. The number of halogens is 4. The van der Waals surface area contributed by atoms with E-state index < -0.39 is 17.6 Å². The van der Waals surface area contributed by atoms with Crippen LogP contribution in [-0.2, 0) is 6.18 Å². The molecular formula is C21H22ClF3N2O2S. The average molecular weight is 459 g/mol. The zero-order valence-electron chi connectivity index (χ0n) is 16.3. The fourth-order valence-corrected chi connectivity index (χ4v) is 2.92. The molecule has 0 aliphatic heterocycles. The highest BCUT2D eigenvalue weighted by molar-refractivity contribution is 7.80. The van der Waals surface area contributed by atoms with Gasteiger partial charge in [-0.1, -0.05) is 37.8 Å². The maximum absolute atomic E-state index is 12.8. The van der Waals surface area contributed by atoms with Gasteiger partial charge in [0.05, 0.1) is 22.9 Å². The summed E-state index contributed by atoms with van der Waals surface area (Å²) in [4.78, 5) is 12.3. The minimum Gasteiger partial charge on any atom is -0.494 e. The molecule has 0 saturated carbocycles. The zero-order valence-corrected chi connectivity index (χ0v) is 17.9. The quantitative estimate of drug-likeness (QED) is 0.353. The molecule has 9 heteroatoms. The number of rotatable bonds is 8. The first-order valence-electron chi connectivity index (χ1n) is 9.42. The molecule has 4 nitrogen and oxygen atoms in total. The predicted molar refractivity (Wildman–Crippen MR) is 116 cm³/mol. The van der Waals surface area contributed by atoms with Crippen LogP contribution in [0.3, 0.4) is 0 Å². The summed E-state index contributed by atoms with van der Waals surface area (Å²) >= 11 is 10.9. The number of unbranched alkanes of at least 4 members (excludes halogenated alkanes) is 3. The van der Waals surface area contributed by atoms with E-state index in [2.05, 4.69) is 17.6 Å². The van der Waals surface area contributed by atoms with Crippen LogP contribution < -0.4 is 15.4 Å². The molecule has 2 rings (SSSR count). The maximum Gasteiger partial charge on any atom is 0.416 e. The maximum atomic E-state index is 12.8. The van der Waals surface area contributed by atoms with Crippen molar-refractivity contribution < 1.29 is 22.7 Å². The van der Waals surface area contributed by atoms with Crippen molar-refractivity contribution in [2.45, 2.75) is 38.8 Å². The lowest BCUT2D eigenvalue weighted by atomic mass is 10.2. The summed E-state index contributed by atoms with van der Waals surface area (Å²) in [7, 11) is 0. The Bertz CT molecular complexity index is 874. The molecule has 0 fully saturated rings. The molecule has 0 saturated heterocycles. The van der Waals surface area contributed by atoms with Gasteiger partial charge in [-0.3, -0.25) is 10.1 Å². The van der Waals surface area contributed by atoms with E-state index in [1.807, 2.05) is 0 Å². The van der Waals surface area contributed by atoms with Crippen LogP contribution in [0.2, 0.25) is 5.02 Å². The van der Waals surface area contributed by atoms with Gasteiger partial charge in [-0.05, 0) is 61.1 Å². The summed E-state index contributed by atoms with van der Waals surface area (Å²) in [6.07, 6.45) is -0.125. The van der Waals surface area contributed by atoms with Gasteiger partial charge in [0.25, 0.3) is 5.91 Å². The van der Waals surface area contributed by atoms with Crippen molar-refractivity contribution in [1.29, 1.82) is 0 Å². The first-order chi connectivity index (χ1) is 14.2. The largest absolute Gasteiger partial charge is 0.494 e. The number of anilines is 1. The van der Waals surface area contributed by atoms with E-state index in [4.69, 9.17) is 28.6 Å². The molecule has 2 aromatic rings. The Morgan fingerprint density at radius 1 is 1.10 bits per heavy atom. The predicted octanol–water partition coefficient (Wildman–Crippen LogP) is 6.44. The number of carbonyl (C=O) groups excluding carboxylic acids is 1. The van der Waals surface area contributed by atoms with Crippen LogP contribution >= 0.6 is 23.8 Å². The second-order valence-corrected chi connectivity index (χ2v) is 7.35. The summed E-state index contributed by atoms with van der Waals surface area (Å²) in [6.45, 7) is 2.75. The standard InChI is InChI=1S/C21H22ClF3N2O2S/c1-2-3-4-5-12-29-16-9-6-14(7-10-16)19(28)27-20(30)26-18-13-15(21(23,24)25)8-11-17(18)22/h6-11,13H,2-5,12H2,1H3,(H2,26,27,28,30). The summed E-state index contributed by atoms with van der Waals surface area (Å²) in [5, 5.41) is 4.81. The van der Waals surface area contributed by atoms with Crippen LogP contribution in [0.1, 0.15) is 48.5 Å². The Labute approximate surface area is 183 Å². The van der Waals surface area contributed by atoms with E-state index in [0.717, 1.165) is 37.5 Å². The van der Waals surface area contributed by atoms with Crippen LogP contribution in [0.15, 0.2) is 42.5 Å². The molecule has 0 radical (unpaired) electrons. The Kier molecular flexibility index (Phi) is 8.92. The normalized spacial score (nSPS) is 11.1. The van der Waals surface area contributed by atoms with Gasteiger partial charge in [0.2, 0.25) is 0 Å². The lowest BCUT2D eigenvalue weighted by molar-refractivity contribution is -0.137. The summed E-state index contributed by atoms with van der Waals surface area (Å²) in [5.74, 6) is 0.143. The van der Waals surface area contributed by atoms with Gasteiger partial charge in [-0.15, -0.1) is 0 Å². The molecule has 0 heterocycles. The van der Waals surface area contributed by atoms with Gasteiger partial charge >= 0.3 is 6.18 Å². The third-order valence-electron chi connectivity index (χ3n) is 4.15. The average Bonchev–Trinajstić information content (AvgIpc) is 2.69. The molecule has 162 valence electrons. The van der Waals surface area contributed by atoms with E-state index in [1.165, 1.54) is 6.42 Å². The lowest BCUT2D eigenvalue weighted by Gasteiger charge is -2.14.